The van der Waals surface area contributed by atoms with Crippen molar-refractivity contribution < 1.29 is 20.6 Å². The molecule has 0 N–H and O–H groups in total. The minimum Gasteiger partial charge on any atom is -0.309 e. The molecule has 0 aliphatic heterocycles. The predicted molar refractivity (Wildman–Crippen MR) is 209 cm³/mol. The highest BCUT2D eigenvalue weighted by atomic mass is 32.1. The summed E-state index contributed by atoms with van der Waals surface area (Å²) >= 11 is 0.903. The molecule has 10 aromatic rings. The van der Waals surface area contributed by atoms with Crippen LogP contribution in [0.2, 0.25) is 0 Å². The quantitative estimate of drug-likeness (QED) is 0.183. The first-order chi connectivity index (χ1) is 31.0. The average molecular weight is 672 g/mol. The van der Waals surface area contributed by atoms with E-state index in [1.165, 1.54) is 22.8 Å². The van der Waals surface area contributed by atoms with Crippen molar-refractivity contribution in [1.29, 1.82) is 0 Å². The Morgan fingerprint density at radius 2 is 1.02 bits per heavy atom. The largest absolute Gasteiger partial charge is 0.309 e. The van der Waals surface area contributed by atoms with E-state index in [9.17, 15) is 5.48 Å². The smallest absolute Gasteiger partial charge is 0.166 e. The van der Waals surface area contributed by atoms with Crippen LogP contribution in [0.3, 0.4) is 0 Å². The van der Waals surface area contributed by atoms with Crippen molar-refractivity contribution in [2.45, 2.75) is 0 Å². The number of rotatable bonds is 5. The molecular weight excluding hydrogens is 629 g/mol. The molecule has 7 aromatic carbocycles. The maximum atomic E-state index is 9.61. The lowest BCUT2D eigenvalue weighted by molar-refractivity contribution is 1.06. The molecule has 0 amide bonds. The number of para-hydroxylation sites is 2. The summed E-state index contributed by atoms with van der Waals surface area (Å²) in [4.78, 5) is 14.7. The van der Waals surface area contributed by atoms with Crippen molar-refractivity contribution in [3.05, 3.63) is 169 Å². The van der Waals surface area contributed by atoms with Crippen LogP contribution < -0.4 is 0 Å². The lowest BCUT2D eigenvalue weighted by atomic mass is 9.99. The molecular formula is C45H28N4S. The number of nitrogens with zero attached hydrogens (tertiary/aromatic N) is 4. The number of fused-ring (bicyclic) bond motifs is 6. The molecule has 0 bridgehead atoms. The van der Waals surface area contributed by atoms with Crippen molar-refractivity contribution in [2.75, 3.05) is 0 Å². The second kappa shape index (κ2) is 11.6. The van der Waals surface area contributed by atoms with Crippen molar-refractivity contribution in [3.8, 4) is 51.0 Å². The van der Waals surface area contributed by atoms with Crippen LogP contribution in [0, 0.1) is 0 Å². The van der Waals surface area contributed by atoms with Crippen molar-refractivity contribution in [1.82, 2.24) is 19.5 Å². The third-order valence-corrected chi connectivity index (χ3v) is 9.40. The van der Waals surface area contributed by atoms with Gasteiger partial charge in [0, 0.05) is 47.6 Å². The van der Waals surface area contributed by atoms with Gasteiger partial charge in [0.15, 0.2) is 17.5 Å². The van der Waals surface area contributed by atoms with Gasteiger partial charge in [-0.1, -0.05) is 127 Å². The zero-order valence-corrected chi connectivity index (χ0v) is 26.5. The van der Waals surface area contributed by atoms with Gasteiger partial charge in [-0.3, -0.25) is 0 Å². The lowest BCUT2D eigenvalue weighted by Crippen LogP contribution is -2.04. The van der Waals surface area contributed by atoms with Gasteiger partial charge in [0.05, 0.1) is 37.3 Å². The van der Waals surface area contributed by atoms with Crippen LogP contribution in [0.25, 0.3) is 93.0 Å². The van der Waals surface area contributed by atoms with E-state index < -0.39 is 66.5 Å². The highest BCUT2D eigenvalue weighted by molar-refractivity contribution is 7.25. The van der Waals surface area contributed by atoms with Crippen molar-refractivity contribution in [2.24, 2.45) is 0 Å². The predicted octanol–water partition coefficient (Wildman–Crippen LogP) is 12.0. The lowest BCUT2D eigenvalue weighted by Gasteiger charge is -2.16. The van der Waals surface area contributed by atoms with Gasteiger partial charge in [0.25, 0.3) is 0 Å². The molecule has 0 aliphatic rings. The van der Waals surface area contributed by atoms with Gasteiger partial charge in [0.1, 0.15) is 0 Å². The van der Waals surface area contributed by atoms with Gasteiger partial charge < -0.3 is 4.57 Å². The fraction of sp³-hybridized carbons (Fsp3) is 0. The molecule has 3 aromatic heterocycles. The Kier molecular flexibility index (Phi) is 4.02. The maximum absolute atomic E-state index is 9.61. The number of benzene rings is 7. The Bertz CT molecular complexity index is 3590. The molecule has 3 heterocycles. The van der Waals surface area contributed by atoms with Crippen molar-refractivity contribution >= 4 is 53.3 Å². The summed E-state index contributed by atoms with van der Waals surface area (Å²) in [6.45, 7) is 0. The number of thiophene rings is 1. The Labute approximate surface area is 313 Å². The minimum absolute atomic E-state index is 0.00781. The van der Waals surface area contributed by atoms with Gasteiger partial charge in [-0.25, -0.2) is 15.0 Å². The normalized spacial score (nSPS) is 15.8. The monoisotopic (exact) mass is 671 g/mol. The fourth-order valence-electron chi connectivity index (χ4n) is 6.10. The Morgan fingerprint density at radius 3 is 1.68 bits per heavy atom. The summed E-state index contributed by atoms with van der Waals surface area (Å²) in [7, 11) is 0. The molecule has 50 heavy (non-hydrogen) atoms. The summed E-state index contributed by atoms with van der Waals surface area (Å²) in [6, 6.07) is 15.3. The summed E-state index contributed by atoms with van der Waals surface area (Å²) in [5.41, 5.74) is 1.18. The van der Waals surface area contributed by atoms with Gasteiger partial charge in [0.2, 0.25) is 0 Å². The molecule has 0 saturated carbocycles. The molecule has 4 nitrogen and oxygen atoms in total. The highest BCUT2D eigenvalue weighted by Gasteiger charge is 2.20. The standard InChI is InChI=1S/C45H28N4S/c1-3-13-29(14-4-1)43-46-44(30-15-5-2-6-16-30)48-45(47-43)37-28-31(32-24-26-42-36(27-32)35-19-9-12-22-41(35)50-42)23-25-40(37)49-38-20-10-7-17-33(38)34-18-8-11-21-39(34)49/h1-28H/i7D,8D,9D,10D,11D,12D,17D,18D,19D,20D,21D,22D,24D,26D,27D. The summed E-state index contributed by atoms with van der Waals surface area (Å²) in [5, 5.41) is -0.207. The van der Waals surface area contributed by atoms with Crippen LogP contribution in [0.4, 0.5) is 0 Å². The fourth-order valence-corrected chi connectivity index (χ4v) is 7.02. The second-order valence-electron chi connectivity index (χ2n) is 11.3. The van der Waals surface area contributed by atoms with Gasteiger partial charge >= 0.3 is 0 Å². The van der Waals surface area contributed by atoms with Crippen molar-refractivity contribution in [3.63, 3.8) is 0 Å². The molecule has 0 aliphatic carbocycles. The first-order valence-electron chi connectivity index (χ1n) is 23.0. The number of aromatic nitrogens is 4. The summed E-state index contributed by atoms with van der Waals surface area (Å²) < 4.78 is 135. The minimum atomic E-state index is -0.618. The number of hydrogen-bond donors (Lipinski definition) is 0. The van der Waals surface area contributed by atoms with E-state index in [0.29, 0.717) is 11.1 Å². The van der Waals surface area contributed by atoms with Crippen LogP contribution in [-0.2, 0) is 0 Å². The van der Waals surface area contributed by atoms with Gasteiger partial charge in [-0.05, 0) is 53.5 Å². The third-order valence-electron chi connectivity index (χ3n) is 8.38. The molecule has 234 valence electrons. The summed E-state index contributed by atoms with van der Waals surface area (Å²) in [6.07, 6.45) is 0. The van der Waals surface area contributed by atoms with E-state index in [1.54, 1.807) is 48.5 Å². The van der Waals surface area contributed by atoms with E-state index >= 15 is 0 Å². The van der Waals surface area contributed by atoms with E-state index in [0.717, 1.165) is 11.3 Å². The second-order valence-corrected chi connectivity index (χ2v) is 12.3. The topological polar surface area (TPSA) is 43.6 Å². The number of hydrogen-bond acceptors (Lipinski definition) is 4. The Hall–Kier alpha value is -6.43. The maximum Gasteiger partial charge on any atom is 0.166 e. The van der Waals surface area contributed by atoms with Crippen LogP contribution in [0.1, 0.15) is 20.6 Å². The van der Waals surface area contributed by atoms with Crippen LogP contribution in [0.15, 0.2) is 169 Å². The van der Waals surface area contributed by atoms with E-state index in [1.807, 2.05) is 12.1 Å². The van der Waals surface area contributed by atoms with E-state index in [-0.39, 0.29) is 106 Å². The first-order valence-corrected chi connectivity index (χ1v) is 16.3. The molecule has 0 fully saturated rings. The third kappa shape index (κ3) is 4.71. The average Bonchev–Trinajstić information content (AvgIpc) is 3.91. The van der Waals surface area contributed by atoms with Crippen LogP contribution in [0.5, 0.6) is 0 Å². The van der Waals surface area contributed by atoms with E-state index in [4.69, 9.17) is 30.0 Å². The SMILES string of the molecule is [2H]c1c([2H])c([2H])c2c(sc3c([2H])c([2H])c(-c4ccc(-n5c6c([2H])c([2H])c([2H])c([2H])c6c6c([2H])c([2H])c([2H])c([2H])c65)c(-c5nc(-c6ccccc6)nc(-c6ccccc6)n5)c4)c([2H])c32)c1[2H]. The Morgan fingerprint density at radius 1 is 0.460 bits per heavy atom. The Balaban J connectivity index is 1.39. The molecule has 5 heteroatoms. The van der Waals surface area contributed by atoms with Crippen LogP contribution in [-0.4, -0.2) is 19.5 Å². The van der Waals surface area contributed by atoms with Gasteiger partial charge in [-0.15, -0.1) is 11.3 Å². The first kappa shape index (κ1) is 17.3. The highest BCUT2D eigenvalue weighted by Crippen LogP contribution is 2.40. The summed E-state index contributed by atoms with van der Waals surface area (Å²) in [5.74, 6) is 0.451. The molecule has 10 rings (SSSR count). The molecule has 0 radical (unpaired) electrons. The molecule has 0 spiro atoms. The van der Waals surface area contributed by atoms with Crippen LogP contribution >= 0.6 is 11.3 Å². The van der Waals surface area contributed by atoms with Gasteiger partial charge in [-0.2, -0.15) is 0 Å². The zero-order chi connectivity index (χ0) is 46.1. The molecule has 0 unspecified atom stereocenters. The van der Waals surface area contributed by atoms with E-state index in [2.05, 4.69) is 0 Å². The molecule has 0 atom stereocenters. The zero-order valence-electron chi connectivity index (χ0n) is 40.7. The molecule has 0 saturated heterocycles.